The van der Waals surface area contributed by atoms with Gasteiger partial charge in [-0.15, -0.1) is 0 Å². The highest BCUT2D eigenvalue weighted by Gasteiger charge is 2.52. The molecule has 0 radical (unpaired) electrons. The first-order valence-electron chi connectivity index (χ1n) is 10.2. The van der Waals surface area contributed by atoms with Gasteiger partial charge < -0.3 is 15.7 Å². The van der Waals surface area contributed by atoms with Crippen molar-refractivity contribution in [2.75, 3.05) is 13.1 Å². The molecule has 1 aromatic carbocycles. The average molecular weight is 383 g/mol. The second kappa shape index (κ2) is 7.33. The summed E-state index contributed by atoms with van der Waals surface area (Å²) in [6.45, 7) is 6.04. The molecule has 1 amide bonds. The molecular formula is C22H30N4O2. The molecule has 2 aliphatic rings. The van der Waals surface area contributed by atoms with E-state index in [2.05, 4.69) is 35.6 Å². The zero-order valence-electron chi connectivity index (χ0n) is 16.9. The van der Waals surface area contributed by atoms with Crippen molar-refractivity contribution in [2.24, 2.45) is 13.0 Å². The number of amides is 1. The number of aryl methyl sites for hydroxylation is 1. The maximum atomic E-state index is 13.1. The van der Waals surface area contributed by atoms with Crippen LogP contribution in [0.4, 0.5) is 0 Å². The number of hydrogen-bond donors (Lipinski definition) is 3. The fourth-order valence-electron chi connectivity index (χ4n) is 4.94. The van der Waals surface area contributed by atoms with Crippen molar-refractivity contribution in [3.8, 4) is 0 Å². The number of fused-ring (bicyclic) bond motifs is 2. The van der Waals surface area contributed by atoms with Gasteiger partial charge in [0.2, 0.25) is 0 Å². The number of nitrogens with one attached hydrogen (secondary N) is 2. The Bertz CT molecular complexity index is 867. The van der Waals surface area contributed by atoms with Crippen LogP contribution in [0.3, 0.4) is 0 Å². The molecule has 0 saturated carbocycles. The first-order valence-corrected chi connectivity index (χ1v) is 10.2. The van der Waals surface area contributed by atoms with Gasteiger partial charge in [-0.25, -0.2) is 0 Å². The summed E-state index contributed by atoms with van der Waals surface area (Å²) in [5.41, 5.74) is 3.39. The predicted molar refractivity (Wildman–Crippen MR) is 108 cm³/mol. The fourth-order valence-corrected chi connectivity index (χ4v) is 4.94. The van der Waals surface area contributed by atoms with Gasteiger partial charge in [-0.3, -0.25) is 9.48 Å². The van der Waals surface area contributed by atoms with Crippen LogP contribution in [0.25, 0.3) is 0 Å². The normalized spacial score (nSPS) is 23.2. The lowest BCUT2D eigenvalue weighted by Gasteiger charge is -2.38. The molecule has 1 saturated heterocycles. The smallest absolute Gasteiger partial charge is 0.270 e. The van der Waals surface area contributed by atoms with Crippen LogP contribution in [-0.4, -0.2) is 40.0 Å². The number of aromatic nitrogens is 2. The van der Waals surface area contributed by atoms with Gasteiger partial charge in [0.05, 0.1) is 17.8 Å². The number of benzene rings is 1. The lowest BCUT2D eigenvalue weighted by molar-refractivity contribution is 0.0416. The molecule has 2 aromatic rings. The van der Waals surface area contributed by atoms with E-state index in [9.17, 15) is 9.90 Å². The summed E-state index contributed by atoms with van der Waals surface area (Å²) in [7, 11) is 1.80. The minimum atomic E-state index is -0.626. The van der Waals surface area contributed by atoms with Crippen LogP contribution in [-0.2, 0) is 18.9 Å². The van der Waals surface area contributed by atoms with Gasteiger partial charge in [0, 0.05) is 12.5 Å². The monoisotopic (exact) mass is 382 g/mol. The third-order valence-electron chi connectivity index (χ3n) is 6.28. The van der Waals surface area contributed by atoms with Gasteiger partial charge in [0.1, 0.15) is 5.69 Å². The highest BCUT2D eigenvalue weighted by atomic mass is 16.3. The Balaban J connectivity index is 1.61. The molecule has 4 rings (SSSR count). The van der Waals surface area contributed by atoms with Crippen LogP contribution in [0.5, 0.6) is 0 Å². The summed E-state index contributed by atoms with van der Waals surface area (Å²) in [4.78, 5) is 13.1. The molecule has 1 aromatic heterocycles. The van der Waals surface area contributed by atoms with E-state index in [0.29, 0.717) is 11.6 Å². The summed E-state index contributed by atoms with van der Waals surface area (Å²) in [6.07, 6.45) is 1.97. The van der Waals surface area contributed by atoms with Gasteiger partial charge in [-0.05, 0) is 55.5 Å². The molecule has 1 spiro atoms. The SMILES string of the molecule is CC(C)Cc1cc(C(=O)N[C@@H]2c3ccccc3C3(CCNCC3)[C@H]2O)n(C)n1. The maximum absolute atomic E-state index is 13.1. The molecule has 1 aliphatic carbocycles. The van der Waals surface area contributed by atoms with Crippen molar-refractivity contribution in [2.45, 2.75) is 50.7 Å². The van der Waals surface area contributed by atoms with Gasteiger partial charge in [0.15, 0.2) is 0 Å². The van der Waals surface area contributed by atoms with Gasteiger partial charge in [0.25, 0.3) is 5.91 Å². The van der Waals surface area contributed by atoms with E-state index in [1.165, 1.54) is 5.56 Å². The number of carbonyl (C=O) groups excluding carboxylic acids is 1. The van der Waals surface area contributed by atoms with E-state index in [1.807, 2.05) is 24.3 Å². The number of carbonyl (C=O) groups is 1. The summed E-state index contributed by atoms with van der Waals surface area (Å²) in [5.74, 6) is 0.295. The number of aliphatic hydroxyl groups excluding tert-OH is 1. The summed E-state index contributed by atoms with van der Waals surface area (Å²) < 4.78 is 1.64. The Morgan fingerprint density at radius 1 is 1.36 bits per heavy atom. The first-order chi connectivity index (χ1) is 13.4. The quantitative estimate of drug-likeness (QED) is 0.757. The number of nitrogens with zero attached hydrogens (tertiary/aromatic N) is 2. The van der Waals surface area contributed by atoms with E-state index < -0.39 is 12.1 Å². The Labute approximate surface area is 166 Å². The van der Waals surface area contributed by atoms with Crippen LogP contribution < -0.4 is 10.6 Å². The largest absolute Gasteiger partial charge is 0.390 e. The minimum Gasteiger partial charge on any atom is -0.390 e. The minimum absolute atomic E-state index is 0.185. The molecule has 3 N–H and O–H groups in total. The van der Waals surface area contributed by atoms with Crippen molar-refractivity contribution in [3.63, 3.8) is 0 Å². The van der Waals surface area contributed by atoms with Crippen molar-refractivity contribution >= 4 is 5.91 Å². The van der Waals surface area contributed by atoms with Gasteiger partial charge >= 0.3 is 0 Å². The first kappa shape index (κ1) is 19.2. The van der Waals surface area contributed by atoms with Crippen LogP contribution in [0.2, 0.25) is 0 Å². The molecule has 1 aliphatic heterocycles. The number of aliphatic hydroxyl groups is 1. The fraction of sp³-hybridized carbons (Fsp3) is 0.545. The second-order valence-electron chi connectivity index (χ2n) is 8.63. The Kier molecular flexibility index (Phi) is 5.02. The molecule has 6 nitrogen and oxygen atoms in total. The predicted octanol–water partition coefficient (Wildman–Crippen LogP) is 2.09. The second-order valence-corrected chi connectivity index (χ2v) is 8.63. The molecule has 1 fully saturated rings. The van der Waals surface area contributed by atoms with E-state index in [4.69, 9.17) is 0 Å². The molecule has 0 bridgehead atoms. The van der Waals surface area contributed by atoms with Crippen LogP contribution in [0, 0.1) is 5.92 Å². The van der Waals surface area contributed by atoms with E-state index in [-0.39, 0.29) is 11.3 Å². The molecule has 6 heteroatoms. The maximum Gasteiger partial charge on any atom is 0.270 e. The highest BCUT2D eigenvalue weighted by molar-refractivity contribution is 5.93. The lowest BCUT2D eigenvalue weighted by Crippen LogP contribution is -2.48. The van der Waals surface area contributed by atoms with Gasteiger partial charge in [-0.2, -0.15) is 5.10 Å². The summed E-state index contributed by atoms with van der Waals surface area (Å²) in [5, 5.41) is 22.3. The van der Waals surface area contributed by atoms with Crippen molar-refractivity contribution in [3.05, 3.63) is 52.8 Å². The number of piperidine rings is 1. The standard InChI is InChI=1S/C22H30N4O2/c1-14(2)12-15-13-18(26(3)25-15)21(28)24-19-16-6-4-5-7-17(16)22(20(19)27)8-10-23-11-9-22/h4-7,13-14,19-20,23,27H,8-12H2,1-3H3,(H,24,28)/t19-,20+/m1/s1. The van der Waals surface area contributed by atoms with Crippen molar-refractivity contribution < 1.29 is 9.90 Å². The Morgan fingerprint density at radius 2 is 2.07 bits per heavy atom. The zero-order chi connectivity index (χ0) is 19.9. The Hall–Kier alpha value is -2.18. The summed E-state index contributed by atoms with van der Waals surface area (Å²) in [6, 6.07) is 9.62. The van der Waals surface area contributed by atoms with Gasteiger partial charge in [-0.1, -0.05) is 38.1 Å². The molecule has 28 heavy (non-hydrogen) atoms. The molecule has 2 heterocycles. The molecule has 2 atom stereocenters. The highest BCUT2D eigenvalue weighted by Crippen LogP contribution is 2.50. The van der Waals surface area contributed by atoms with E-state index in [0.717, 1.165) is 43.6 Å². The number of rotatable bonds is 4. The van der Waals surface area contributed by atoms with Crippen molar-refractivity contribution in [1.82, 2.24) is 20.4 Å². The van der Waals surface area contributed by atoms with Crippen LogP contribution >= 0.6 is 0 Å². The summed E-state index contributed by atoms with van der Waals surface area (Å²) >= 11 is 0. The van der Waals surface area contributed by atoms with Crippen molar-refractivity contribution in [1.29, 1.82) is 0 Å². The van der Waals surface area contributed by atoms with E-state index in [1.54, 1.807) is 11.7 Å². The topological polar surface area (TPSA) is 79.2 Å². The zero-order valence-corrected chi connectivity index (χ0v) is 16.9. The lowest BCUT2D eigenvalue weighted by atomic mass is 9.72. The average Bonchev–Trinajstić information content (AvgIpc) is 3.14. The third-order valence-corrected chi connectivity index (χ3v) is 6.28. The molecule has 0 unspecified atom stereocenters. The van der Waals surface area contributed by atoms with Crippen LogP contribution in [0.1, 0.15) is 60.0 Å². The van der Waals surface area contributed by atoms with Crippen LogP contribution in [0.15, 0.2) is 30.3 Å². The molecule has 150 valence electrons. The van der Waals surface area contributed by atoms with E-state index >= 15 is 0 Å². The molecular weight excluding hydrogens is 352 g/mol. The Morgan fingerprint density at radius 3 is 2.79 bits per heavy atom. The third kappa shape index (κ3) is 3.14. The number of hydrogen-bond acceptors (Lipinski definition) is 4.